The highest BCUT2D eigenvalue weighted by atomic mass is 32.2. The minimum atomic E-state index is -3.52. The molecule has 158 valence electrons. The van der Waals surface area contributed by atoms with Crippen molar-refractivity contribution >= 4 is 15.9 Å². The van der Waals surface area contributed by atoms with Gasteiger partial charge >= 0.3 is 0 Å². The van der Waals surface area contributed by atoms with Gasteiger partial charge in [0, 0.05) is 20.0 Å². The van der Waals surface area contributed by atoms with Crippen LogP contribution in [0.3, 0.4) is 0 Å². The minimum absolute atomic E-state index is 0.0806. The topological polar surface area (TPSA) is 66.5 Å². The molecule has 0 radical (unpaired) electrons. The molecule has 2 rings (SSSR count). The lowest BCUT2D eigenvalue weighted by Gasteiger charge is -2.21. The zero-order valence-electron chi connectivity index (χ0n) is 18.0. The average Bonchev–Trinajstić information content (AvgIpc) is 2.68. The zero-order valence-corrected chi connectivity index (χ0v) is 18.8. The zero-order chi connectivity index (χ0) is 21.7. The predicted octanol–water partition coefficient (Wildman–Crippen LogP) is 4.26. The van der Waals surface area contributed by atoms with Gasteiger partial charge in [-0.2, -0.15) is 0 Å². The molecule has 0 bridgehead atoms. The molecular formula is C23H32N2O3S. The van der Waals surface area contributed by atoms with Crippen molar-refractivity contribution in [3.05, 3.63) is 65.7 Å². The number of benzene rings is 2. The molecule has 0 aliphatic carbocycles. The minimum Gasteiger partial charge on any atom is -0.350 e. The van der Waals surface area contributed by atoms with E-state index in [4.69, 9.17) is 0 Å². The maximum Gasteiger partial charge on any atom is 0.242 e. The van der Waals surface area contributed by atoms with Gasteiger partial charge in [0.1, 0.15) is 0 Å². The number of nitrogens with zero attached hydrogens (tertiary/aromatic N) is 1. The first kappa shape index (κ1) is 23.1. The van der Waals surface area contributed by atoms with Crippen molar-refractivity contribution < 1.29 is 13.2 Å². The number of rotatable bonds is 8. The highest BCUT2D eigenvalue weighted by Crippen LogP contribution is 2.24. The summed E-state index contributed by atoms with van der Waals surface area (Å²) < 4.78 is 26.3. The van der Waals surface area contributed by atoms with E-state index in [1.165, 1.54) is 9.87 Å². The van der Waals surface area contributed by atoms with Crippen molar-refractivity contribution in [2.45, 2.75) is 56.9 Å². The lowest BCUT2D eigenvalue weighted by Crippen LogP contribution is -2.30. The molecule has 5 nitrogen and oxygen atoms in total. The van der Waals surface area contributed by atoms with E-state index in [9.17, 15) is 13.2 Å². The third-order valence-electron chi connectivity index (χ3n) is 4.98. The fourth-order valence-corrected chi connectivity index (χ4v) is 4.25. The van der Waals surface area contributed by atoms with Crippen LogP contribution in [0, 0.1) is 0 Å². The smallest absolute Gasteiger partial charge is 0.242 e. The van der Waals surface area contributed by atoms with Crippen LogP contribution < -0.4 is 5.32 Å². The first-order valence-electron chi connectivity index (χ1n) is 9.93. The van der Waals surface area contributed by atoms with Gasteiger partial charge in [-0.25, -0.2) is 12.7 Å². The molecule has 29 heavy (non-hydrogen) atoms. The van der Waals surface area contributed by atoms with Crippen molar-refractivity contribution in [3.8, 4) is 0 Å². The number of amides is 1. The van der Waals surface area contributed by atoms with E-state index in [2.05, 4.69) is 38.2 Å². The number of sulfonamides is 1. The Morgan fingerprint density at radius 1 is 1.03 bits per heavy atom. The normalized spacial score (nSPS) is 13.3. The molecule has 1 amide bonds. The number of carbonyl (C=O) groups excluding carboxylic acids is 1. The number of hydrogen-bond acceptors (Lipinski definition) is 3. The Kier molecular flexibility index (Phi) is 7.60. The standard InChI is InChI=1S/C23H32N2O3S/c1-18(19-13-15-20(16-14-19)23(2,3)4)24-22(26)12-9-17-25(5)29(27,28)21-10-7-6-8-11-21/h6-8,10-11,13-16,18H,9,12,17H2,1-5H3,(H,24,26)/t18-/m1/s1. The fraction of sp³-hybridized carbons (Fsp3) is 0.435. The van der Waals surface area contributed by atoms with Crippen LogP contribution in [0.15, 0.2) is 59.5 Å². The number of hydrogen-bond donors (Lipinski definition) is 1. The molecule has 2 aromatic rings. The van der Waals surface area contributed by atoms with Crippen LogP contribution in [0.2, 0.25) is 0 Å². The van der Waals surface area contributed by atoms with Crippen molar-refractivity contribution in [3.63, 3.8) is 0 Å². The molecule has 0 saturated heterocycles. The molecule has 0 heterocycles. The third-order valence-corrected chi connectivity index (χ3v) is 6.85. The molecule has 0 aliphatic rings. The van der Waals surface area contributed by atoms with Gasteiger partial charge in [-0.1, -0.05) is 63.2 Å². The molecule has 0 aromatic heterocycles. The van der Waals surface area contributed by atoms with E-state index >= 15 is 0 Å². The summed E-state index contributed by atoms with van der Waals surface area (Å²) >= 11 is 0. The Balaban J connectivity index is 1.83. The van der Waals surface area contributed by atoms with Gasteiger partial charge in [0.15, 0.2) is 0 Å². The van der Waals surface area contributed by atoms with Crippen LogP contribution in [0.5, 0.6) is 0 Å². The van der Waals surface area contributed by atoms with Gasteiger partial charge in [-0.15, -0.1) is 0 Å². The quantitative estimate of drug-likeness (QED) is 0.699. The molecule has 0 aliphatic heterocycles. The molecule has 0 spiro atoms. The van der Waals surface area contributed by atoms with E-state index in [0.717, 1.165) is 5.56 Å². The summed E-state index contributed by atoms with van der Waals surface area (Å²) in [5, 5.41) is 2.99. The lowest BCUT2D eigenvalue weighted by atomic mass is 9.86. The van der Waals surface area contributed by atoms with E-state index in [-0.39, 0.29) is 28.7 Å². The van der Waals surface area contributed by atoms with Crippen LogP contribution >= 0.6 is 0 Å². The van der Waals surface area contributed by atoms with Gasteiger partial charge in [0.25, 0.3) is 0 Å². The highest BCUT2D eigenvalue weighted by molar-refractivity contribution is 7.89. The maximum absolute atomic E-state index is 12.5. The number of nitrogens with one attached hydrogen (secondary N) is 1. The van der Waals surface area contributed by atoms with Crippen molar-refractivity contribution in [1.29, 1.82) is 0 Å². The molecule has 0 saturated carbocycles. The van der Waals surface area contributed by atoms with E-state index in [1.54, 1.807) is 37.4 Å². The van der Waals surface area contributed by atoms with E-state index in [1.807, 2.05) is 19.1 Å². The van der Waals surface area contributed by atoms with Crippen LogP contribution in [0.25, 0.3) is 0 Å². The monoisotopic (exact) mass is 416 g/mol. The van der Waals surface area contributed by atoms with Crippen molar-refractivity contribution in [2.24, 2.45) is 0 Å². The average molecular weight is 417 g/mol. The predicted molar refractivity (Wildman–Crippen MR) is 117 cm³/mol. The summed E-state index contributed by atoms with van der Waals surface area (Å²) in [5.74, 6) is -0.0806. The molecule has 0 unspecified atom stereocenters. The molecular weight excluding hydrogens is 384 g/mol. The summed E-state index contributed by atoms with van der Waals surface area (Å²) in [4.78, 5) is 12.5. The summed E-state index contributed by atoms with van der Waals surface area (Å²) in [6.45, 7) is 8.75. The Morgan fingerprint density at radius 3 is 2.17 bits per heavy atom. The van der Waals surface area contributed by atoms with Crippen molar-refractivity contribution in [2.75, 3.05) is 13.6 Å². The molecule has 6 heteroatoms. The second-order valence-electron chi connectivity index (χ2n) is 8.40. The lowest BCUT2D eigenvalue weighted by molar-refractivity contribution is -0.121. The highest BCUT2D eigenvalue weighted by Gasteiger charge is 2.20. The third kappa shape index (κ3) is 6.41. The second kappa shape index (κ2) is 9.55. The summed E-state index contributed by atoms with van der Waals surface area (Å²) in [6, 6.07) is 16.5. The van der Waals surface area contributed by atoms with Crippen molar-refractivity contribution in [1.82, 2.24) is 9.62 Å². The second-order valence-corrected chi connectivity index (χ2v) is 10.4. The number of carbonyl (C=O) groups is 1. The molecule has 0 fully saturated rings. The summed E-state index contributed by atoms with van der Waals surface area (Å²) in [7, 11) is -1.98. The SMILES string of the molecule is C[C@@H](NC(=O)CCCN(C)S(=O)(=O)c1ccccc1)c1ccc(C(C)(C)C)cc1. The van der Waals surface area contributed by atoms with Crippen LogP contribution in [0.4, 0.5) is 0 Å². The largest absolute Gasteiger partial charge is 0.350 e. The molecule has 1 atom stereocenters. The molecule has 1 N–H and O–H groups in total. The van der Waals surface area contributed by atoms with Crippen LogP contribution in [-0.4, -0.2) is 32.2 Å². The van der Waals surface area contributed by atoms with Gasteiger partial charge in [-0.05, 0) is 42.0 Å². The Labute approximate surface area is 175 Å². The summed E-state index contributed by atoms with van der Waals surface area (Å²) in [5.41, 5.74) is 2.40. The Bertz CT molecular complexity index is 901. The van der Waals surface area contributed by atoms with Crippen LogP contribution in [0.1, 0.15) is 57.7 Å². The van der Waals surface area contributed by atoms with E-state index in [0.29, 0.717) is 13.0 Å². The molecule has 2 aromatic carbocycles. The van der Waals surface area contributed by atoms with E-state index < -0.39 is 10.0 Å². The fourth-order valence-electron chi connectivity index (χ4n) is 3.02. The Morgan fingerprint density at radius 2 is 1.62 bits per heavy atom. The first-order valence-corrected chi connectivity index (χ1v) is 11.4. The first-order chi connectivity index (χ1) is 13.5. The van der Waals surface area contributed by atoms with Gasteiger partial charge in [0.05, 0.1) is 10.9 Å². The van der Waals surface area contributed by atoms with Gasteiger partial charge < -0.3 is 5.32 Å². The van der Waals surface area contributed by atoms with Gasteiger partial charge in [-0.3, -0.25) is 4.79 Å². The Hall–Kier alpha value is -2.18. The van der Waals surface area contributed by atoms with Gasteiger partial charge in [0.2, 0.25) is 15.9 Å². The van der Waals surface area contributed by atoms with Crippen LogP contribution in [-0.2, 0) is 20.2 Å². The maximum atomic E-state index is 12.5. The summed E-state index contributed by atoms with van der Waals surface area (Å²) in [6.07, 6.45) is 0.739.